The van der Waals surface area contributed by atoms with Gasteiger partial charge in [0.15, 0.2) is 0 Å². The van der Waals surface area contributed by atoms with Gasteiger partial charge in [-0.2, -0.15) is 0 Å². The summed E-state index contributed by atoms with van der Waals surface area (Å²) < 4.78 is 81.3. The minimum Gasteiger partial charge on any atom is -0.443 e. The lowest BCUT2D eigenvalue weighted by Crippen LogP contribution is -2.43. The topological polar surface area (TPSA) is 205 Å². The molecule has 0 saturated heterocycles. The number of amides is 2. The van der Waals surface area contributed by atoms with E-state index in [0.717, 1.165) is 24.1 Å². The van der Waals surface area contributed by atoms with E-state index in [2.05, 4.69) is 29.8 Å². The first-order valence-electron chi connectivity index (χ1n) is 16.4. The Morgan fingerprint density at radius 1 is 0.708 bits per heavy atom. The SMILES string of the molecule is CC(C)(C)OC(=O)NS(=O)(=O)C1CC1.CC(C)CBr.CC(C)CC1(S(=O)(=O)NC(=O)OC(C)(C)C)CC1.CC(C)CC1(S(N)(=O)=O)CC1. The highest BCUT2D eigenvalue weighted by molar-refractivity contribution is 9.09. The summed E-state index contributed by atoms with van der Waals surface area (Å²) in [6.07, 6.45) is 3.48. The van der Waals surface area contributed by atoms with Crippen molar-refractivity contribution in [3.8, 4) is 0 Å². The van der Waals surface area contributed by atoms with Crippen molar-refractivity contribution >= 4 is 58.2 Å². The molecule has 0 aromatic rings. The minimum absolute atomic E-state index is 0.280. The summed E-state index contributed by atoms with van der Waals surface area (Å²) in [4.78, 5) is 22.6. The van der Waals surface area contributed by atoms with Crippen LogP contribution >= 0.6 is 15.9 Å². The molecule has 48 heavy (non-hydrogen) atoms. The highest BCUT2D eigenvalue weighted by atomic mass is 79.9. The zero-order valence-corrected chi connectivity index (χ0v) is 35.0. The molecule has 3 aliphatic rings. The van der Waals surface area contributed by atoms with Gasteiger partial charge in [0.1, 0.15) is 11.2 Å². The number of ether oxygens (including phenoxy) is 2. The Morgan fingerprint density at radius 2 is 1.04 bits per heavy atom. The largest absolute Gasteiger partial charge is 0.443 e. The van der Waals surface area contributed by atoms with E-state index >= 15 is 0 Å². The molecule has 0 spiro atoms. The summed E-state index contributed by atoms with van der Waals surface area (Å²) in [5.74, 6) is 1.49. The fourth-order valence-corrected chi connectivity index (χ4v) is 8.45. The van der Waals surface area contributed by atoms with E-state index in [1.165, 1.54) is 0 Å². The van der Waals surface area contributed by atoms with Gasteiger partial charge in [0.25, 0.3) is 0 Å². The Balaban J connectivity index is 0.000000659. The summed E-state index contributed by atoms with van der Waals surface area (Å²) in [5.41, 5.74) is -1.38. The molecule has 4 N–H and O–H groups in total. The van der Waals surface area contributed by atoms with E-state index < -0.39 is 68.2 Å². The van der Waals surface area contributed by atoms with Crippen LogP contribution in [0.5, 0.6) is 0 Å². The highest BCUT2D eigenvalue weighted by Crippen LogP contribution is 2.48. The molecular formula is C31H62BrN3O10S3. The molecule has 13 nitrogen and oxygen atoms in total. The van der Waals surface area contributed by atoms with Gasteiger partial charge in [0.2, 0.25) is 30.1 Å². The first kappa shape index (κ1) is 46.8. The molecular weight excluding hydrogens is 750 g/mol. The maximum absolute atomic E-state index is 12.1. The average Bonchev–Trinajstić information content (AvgIpc) is 3.65. The van der Waals surface area contributed by atoms with Crippen molar-refractivity contribution in [1.82, 2.24) is 9.44 Å². The van der Waals surface area contributed by atoms with E-state index in [1.54, 1.807) is 41.5 Å². The number of hydrogen-bond donors (Lipinski definition) is 3. The molecule has 3 saturated carbocycles. The van der Waals surface area contributed by atoms with Gasteiger partial charge in [-0.3, -0.25) is 0 Å². The molecule has 0 unspecified atom stereocenters. The van der Waals surface area contributed by atoms with Gasteiger partial charge in [0.05, 0.1) is 14.7 Å². The van der Waals surface area contributed by atoms with Gasteiger partial charge in [-0.05, 0) is 111 Å². The number of rotatable bonds is 10. The van der Waals surface area contributed by atoms with Crippen molar-refractivity contribution in [2.24, 2.45) is 22.9 Å². The summed E-state index contributed by atoms with van der Waals surface area (Å²) in [6, 6.07) is 0. The maximum Gasteiger partial charge on any atom is 0.421 e. The number of halogens is 1. The van der Waals surface area contributed by atoms with Gasteiger partial charge in [-0.1, -0.05) is 57.5 Å². The second-order valence-electron chi connectivity index (χ2n) is 16.1. The number of alkyl halides is 1. The lowest BCUT2D eigenvalue weighted by molar-refractivity contribution is 0.0557. The number of sulfonamides is 3. The van der Waals surface area contributed by atoms with Crippen molar-refractivity contribution in [3.05, 3.63) is 0 Å². The van der Waals surface area contributed by atoms with Crippen molar-refractivity contribution in [3.63, 3.8) is 0 Å². The summed E-state index contributed by atoms with van der Waals surface area (Å²) >= 11 is 3.31. The third-order valence-corrected chi connectivity index (χ3v) is 13.9. The normalized spacial score (nSPS) is 18.2. The molecule has 286 valence electrons. The highest BCUT2D eigenvalue weighted by Gasteiger charge is 2.55. The van der Waals surface area contributed by atoms with Crippen molar-refractivity contribution < 1.29 is 44.3 Å². The second kappa shape index (κ2) is 17.9. The van der Waals surface area contributed by atoms with Crippen LogP contribution in [0.4, 0.5) is 9.59 Å². The third-order valence-electron chi connectivity index (χ3n) is 6.86. The predicted octanol–water partition coefficient (Wildman–Crippen LogP) is 6.31. The van der Waals surface area contributed by atoms with E-state index in [-0.39, 0.29) is 5.92 Å². The zero-order chi connectivity index (χ0) is 38.2. The molecule has 0 radical (unpaired) electrons. The quantitative estimate of drug-likeness (QED) is 0.210. The van der Waals surface area contributed by atoms with Gasteiger partial charge < -0.3 is 9.47 Å². The average molecular weight is 813 g/mol. The van der Waals surface area contributed by atoms with Gasteiger partial charge in [-0.15, -0.1) is 0 Å². The van der Waals surface area contributed by atoms with Crippen LogP contribution in [-0.2, 0) is 39.5 Å². The second-order valence-corrected chi connectivity index (χ2v) is 22.8. The van der Waals surface area contributed by atoms with Crippen molar-refractivity contribution in [2.75, 3.05) is 5.33 Å². The van der Waals surface area contributed by atoms with Crippen LogP contribution in [0.3, 0.4) is 0 Å². The first-order valence-corrected chi connectivity index (χ1v) is 22.1. The predicted molar refractivity (Wildman–Crippen MR) is 194 cm³/mol. The molecule has 0 bridgehead atoms. The molecule has 0 aromatic carbocycles. The Labute approximate surface area is 299 Å². The fourth-order valence-electron chi connectivity index (χ4n) is 4.35. The van der Waals surface area contributed by atoms with E-state index in [1.807, 2.05) is 37.1 Å². The third kappa shape index (κ3) is 18.7. The first-order chi connectivity index (χ1) is 21.3. The van der Waals surface area contributed by atoms with Crippen LogP contribution in [0, 0.1) is 17.8 Å². The lowest BCUT2D eigenvalue weighted by atomic mass is 10.1. The Hall–Kier alpha value is -1.17. The number of carbonyl (C=O) groups excluding carboxylic acids is 2. The van der Waals surface area contributed by atoms with Crippen LogP contribution in [0.2, 0.25) is 0 Å². The van der Waals surface area contributed by atoms with Crippen molar-refractivity contribution in [1.29, 1.82) is 0 Å². The van der Waals surface area contributed by atoms with Gasteiger partial charge in [0, 0.05) is 5.33 Å². The number of carbonyl (C=O) groups is 2. The summed E-state index contributed by atoms with van der Waals surface area (Å²) in [5, 5.41) is 5.81. The number of nitrogens with one attached hydrogen (secondary N) is 2. The smallest absolute Gasteiger partial charge is 0.421 e. The Kier molecular flexibility index (Phi) is 17.4. The fraction of sp³-hybridized carbons (Fsp3) is 0.935. The minimum atomic E-state index is -3.64. The molecule has 0 aromatic heterocycles. The molecule has 0 aliphatic heterocycles. The number of primary sulfonamides is 1. The molecule has 17 heteroatoms. The Bertz CT molecular complexity index is 1370. The summed E-state index contributed by atoms with van der Waals surface area (Å²) in [6.45, 7) is 22.5. The molecule has 3 fully saturated rings. The van der Waals surface area contributed by atoms with Crippen LogP contribution in [0.25, 0.3) is 0 Å². The van der Waals surface area contributed by atoms with Gasteiger partial charge in [-0.25, -0.2) is 49.4 Å². The van der Waals surface area contributed by atoms with E-state index in [9.17, 15) is 34.8 Å². The molecule has 3 rings (SSSR count). The van der Waals surface area contributed by atoms with Gasteiger partial charge >= 0.3 is 12.2 Å². The monoisotopic (exact) mass is 811 g/mol. The number of hydrogen-bond acceptors (Lipinski definition) is 10. The molecule has 0 heterocycles. The lowest BCUT2D eigenvalue weighted by Gasteiger charge is -2.22. The molecule has 0 atom stereocenters. The maximum atomic E-state index is 12.1. The van der Waals surface area contributed by atoms with Crippen molar-refractivity contribution in [2.45, 2.75) is 160 Å². The van der Waals surface area contributed by atoms with E-state index in [4.69, 9.17) is 14.6 Å². The number of nitrogens with two attached hydrogens (primary N) is 1. The van der Waals surface area contributed by atoms with Crippen LogP contribution in [-0.4, -0.2) is 68.7 Å². The van der Waals surface area contributed by atoms with Crippen LogP contribution < -0.4 is 14.6 Å². The van der Waals surface area contributed by atoms with Crippen LogP contribution in [0.15, 0.2) is 0 Å². The molecule has 3 aliphatic carbocycles. The summed E-state index contributed by atoms with van der Waals surface area (Å²) in [7, 11) is -10.4. The Morgan fingerprint density at radius 3 is 1.27 bits per heavy atom. The van der Waals surface area contributed by atoms with Crippen LogP contribution in [0.1, 0.15) is 134 Å². The van der Waals surface area contributed by atoms with E-state index in [0.29, 0.717) is 44.4 Å². The molecule has 2 amide bonds. The standard InChI is InChI=1S/C12H23NO4S.C8H15NO4S.C7H15NO2S.C4H9Br/c1-9(2)8-12(6-7-12)18(15,16)13-10(14)17-11(3,4)5;1-8(2,3)13-7(10)9-14(11,12)6-4-5-6;1-6(2)5-7(3-4-7)11(8,9)10;1-4(2)3-5/h9H,6-8H2,1-5H3,(H,13,14);6H,4-5H2,1-3H3,(H,9,10);6H,3-5H2,1-2H3,(H2,8,9,10);4H,3H2,1-2H3. The zero-order valence-electron chi connectivity index (χ0n) is 30.9.